The molecule has 2 aliphatic rings. The second kappa shape index (κ2) is 14.6. The van der Waals surface area contributed by atoms with Crippen molar-refractivity contribution in [2.45, 2.75) is 70.8 Å². The van der Waals surface area contributed by atoms with E-state index in [9.17, 15) is 19.5 Å². The van der Waals surface area contributed by atoms with Gasteiger partial charge in [-0.25, -0.2) is 9.97 Å². The fourth-order valence-corrected chi connectivity index (χ4v) is 7.63. The molecule has 0 unspecified atom stereocenters. The monoisotopic (exact) mass is 650 g/mol. The van der Waals surface area contributed by atoms with Crippen LogP contribution in [0.2, 0.25) is 0 Å². The number of amides is 2. The molecular formula is C38H42N4O4S. The average molecular weight is 651 g/mol. The van der Waals surface area contributed by atoms with Gasteiger partial charge in [0.1, 0.15) is 6.04 Å². The van der Waals surface area contributed by atoms with Crippen LogP contribution in [0, 0.1) is 11.8 Å². The lowest BCUT2D eigenvalue weighted by Crippen LogP contribution is -2.59. The standard InChI is InChI=1S/C38H42N4O4S/c1-24(2)18-32-16-17-34(47-32)36(43)41-33(37(44)42-22-31(23-42)38(45)46)19-25-8-10-29(11-9-25)35-39-20-30(21-40-35)28-14-12-27(13-15-28)26-6-4-3-5-7-26/h8-17,20-21,24,26,31,33H,3-7,18-19,22-23H2,1-2H3,(H,41,43)(H,45,46)/t33-/m0/s1. The van der Waals surface area contributed by atoms with Gasteiger partial charge in [-0.2, -0.15) is 0 Å². The Balaban J connectivity index is 1.12. The molecule has 0 bridgehead atoms. The maximum atomic E-state index is 13.5. The molecule has 2 N–H and O–H groups in total. The number of likely N-dealkylation sites (tertiary alicyclic amines) is 1. The number of carbonyl (C=O) groups is 3. The average Bonchev–Trinajstić information content (AvgIpc) is 3.52. The lowest BCUT2D eigenvalue weighted by atomic mass is 9.84. The van der Waals surface area contributed by atoms with Gasteiger partial charge in [0.05, 0.1) is 10.8 Å². The van der Waals surface area contributed by atoms with Crippen molar-refractivity contribution in [1.29, 1.82) is 0 Å². The number of aliphatic carboxylic acids is 1. The molecule has 2 aromatic carbocycles. The van der Waals surface area contributed by atoms with E-state index in [4.69, 9.17) is 0 Å². The van der Waals surface area contributed by atoms with Gasteiger partial charge in [0.15, 0.2) is 5.82 Å². The zero-order valence-electron chi connectivity index (χ0n) is 27.0. The molecular weight excluding hydrogens is 609 g/mol. The number of hydrogen-bond acceptors (Lipinski definition) is 6. The van der Waals surface area contributed by atoms with Gasteiger partial charge in [0.25, 0.3) is 5.91 Å². The molecule has 3 heterocycles. The Kier molecular flexibility index (Phi) is 10.1. The first-order valence-corrected chi connectivity index (χ1v) is 17.5. The summed E-state index contributed by atoms with van der Waals surface area (Å²) in [5.74, 6) is -0.302. The van der Waals surface area contributed by atoms with Crippen LogP contribution < -0.4 is 5.32 Å². The predicted molar refractivity (Wildman–Crippen MR) is 184 cm³/mol. The summed E-state index contributed by atoms with van der Waals surface area (Å²) >= 11 is 1.44. The lowest BCUT2D eigenvalue weighted by molar-refractivity contribution is -0.153. The minimum atomic E-state index is -0.913. The van der Waals surface area contributed by atoms with Gasteiger partial charge in [0.2, 0.25) is 5.91 Å². The molecule has 2 aromatic heterocycles. The number of carboxylic acid groups (broad SMARTS) is 1. The van der Waals surface area contributed by atoms with Crippen LogP contribution in [0.3, 0.4) is 0 Å². The van der Waals surface area contributed by atoms with Crippen molar-refractivity contribution in [2.75, 3.05) is 13.1 Å². The summed E-state index contributed by atoms with van der Waals surface area (Å²) in [7, 11) is 0. The number of benzene rings is 2. The normalized spacial score (nSPS) is 16.1. The molecule has 4 aromatic rings. The number of nitrogens with zero attached hydrogens (tertiary/aromatic N) is 3. The molecule has 1 aliphatic heterocycles. The van der Waals surface area contributed by atoms with Crippen LogP contribution >= 0.6 is 11.3 Å². The number of rotatable bonds is 11. The molecule has 1 aliphatic carbocycles. The number of nitrogens with one attached hydrogen (secondary N) is 1. The third-order valence-electron chi connectivity index (χ3n) is 9.27. The van der Waals surface area contributed by atoms with Gasteiger partial charge in [-0.3, -0.25) is 14.4 Å². The lowest BCUT2D eigenvalue weighted by Gasteiger charge is -2.38. The van der Waals surface area contributed by atoms with Crippen LogP contribution in [-0.4, -0.2) is 56.9 Å². The topological polar surface area (TPSA) is 112 Å². The highest BCUT2D eigenvalue weighted by molar-refractivity contribution is 7.14. The SMILES string of the molecule is CC(C)Cc1ccc(C(=O)N[C@@H](Cc2ccc(-c3ncc(-c4ccc(C5CCCCC5)cc4)cn3)cc2)C(=O)N2CC(C(=O)O)C2)s1. The first kappa shape index (κ1) is 32.6. The van der Waals surface area contributed by atoms with E-state index in [1.54, 1.807) is 6.07 Å². The summed E-state index contributed by atoms with van der Waals surface area (Å²) in [6.07, 6.45) is 11.4. The quantitative estimate of drug-likeness (QED) is 0.181. The number of hydrogen-bond donors (Lipinski definition) is 2. The molecule has 0 spiro atoms. The summed E-state index contributed by atoms with van der Waals surface area (Å²) in [6.45, 7) is 4.56. The Morgan fingerprint density at radius 1 is 0.851 bits per heavy atom. The molecule has 9 heteroatoms. The molecule has 8 nitrogen and oxygen atoms in total. The van der Waals surface area contributed by atoms with Crippen molar-refractivity contribution in [3.63, 3.8) is 0 Å². The highest BCUT2D eigenvalue weighted by atomic mass is 32.1. The minimum Gasteiger partial charge on any atom is -0.481 e. The predicted octanol–water partition coefficient (Wildman–Crippen LogP) is 7.00. The van der Waals surface area contributed by atoms with E-state index in [0.717, 1.165) is 33.6 Å². The Hall–Kier alpha value is -4.37. The Morgan fingerprint density at radius 2 is 1.51 bits per heavy atom. The van der Waals surface area contributed by atoms with Crippen LogP contribution in [0.25, 0.3) is 22.5 Å². The number of carboxylic acids is 1. The van der Waals surface area contributed by atoms with E-state index in [0.29, 0.717) is 22.5 Å². The van der Waals surface area contributed by atoms with Gasteiger partial charge in [-0.1, -0.05) is 81.6 Å². The van der Waals surface area contributed by atoms with Gasteiger partial charge in [0, 0.05) is 47.9 Å². The van der Waals surface area contributed by atoms with Crippen LogP contribution in [0.4, 0.5) is 0 Å². The molecule has 47 heavy (non-hydrogen) atoms. The number of thiophene rings is 1. The highest BCUT2D eigenvalue weighted by Gasteiger charge is 2.39. The molecule has 0 radical (unpaired) electrons. The van der Waals surface area contributed by atoms with E-state index in [1.165, 1.54) is 53.9 Å². The summed E-state index contributed by atoms with van der Waals surface area (Å²) in [5.41, 5.74) is 5.20. The number of aromatic nitrogens is 2. The van der Waals surface area contributed by atoms with Gasteiger partial charge in [-0.05, 0) is 59.9 Å². The van der Waals surface area contributed by atoms with Crippen molar-refractivity contribution >= 4 is 29.1 Å². The Bertz CT molecular complexity index is 1690. The molecule has 1 saturated carbocycles. The maximum absolute atomic E-state index is 13.5. The van der Waals surface area contributed by atoms with Crippen molar-refractivity contribution in [1.82, 2.24) is 20.2 Å². The van der Waals surface area contributed by atoms with E-state index in [-0.39, 0.29) is 31.3 Å². The van der Waals surface area contributed by atoms with Gasteiger partial charge < -0.3 is 15.3 Å². The summed E-state index contributed by atoms with van der Waals surface area (Å²) in [5, 5.41) is 12.2. The van der Waals surface area contributed by atoms with E-state index in [1.807, 2.05) is 42.7 Å². The van der Waals surface area contributed by atoms with E-state index in [2.05, 4.69) is 53.4 Å². The molecule has 2 amide bonds. The fraction of sp³-hybridized carbons (Fsp3) is 0.395. The van der Waals surface area contributed by atoms with Crippen LogP contribution in [0.1, 0.15) is 77.5 Å². The number of carbonyl (C=O) groups excluding carboxylic acids is 2. The largest absolute Gasteiger partial charge is 0.481 e. The van der Waals surface area contributed by atoms with E-state index >= 15 is 0 Å². The zero-order chi connectivity index (χ0) is 32.9. The third-order valence-corrected chi connectivity index (χ3v) is 10.4. The van der Waals surface area contributed by atoms with Crippen LogP contribution in [-0.2, 0) is 22.4 Å². The van der Waals surface area contributed by atoms with Crippen molar-refractivity contribution in [2.24, 2.45) is 11.8 Å². The van der Waals surface area contributed by atoms with Gasteiger partial charge >= 0.3 is 5.97 Å². The smallest absolute Gasteiger partial charge is 0.310 e. The molecule has 6 rings (SSSR count). The van der Waals surface area contributed by atoms with Crippen molar-refractivity contribution in [3.8, 4) is 22.5 Å². The Morgan fingerprint density at radius 3 is 2.15 bits per heavy atom. The maximum Gasteiger partial charge on any atom is 0.310 e. The Labute approximate surface area is 280 Å². The summed E-state index contributed by atoms with van der Waals surface area (Å²) in [6, 6.07) is 19.5. The zero-order valence-corrected chi connectivity index (χ0v) is 27.8. The van der Waals surface area contributed by atoms with Gasteiger partial charge in [-0.15, -0.1) is 11.3 Å². The molecule has 1 atom stereocenters. The van der Waals surface area contributed by atoms with Crippen LogP contribution in [0.15, 0.2) is 73.1 Å². The van der Waals surface area contributed by atoms with Crippen molar-refractivity contribution < 1.29 is 19.5 Å². The van der Waals surface area contributed by atoms with Crippen LogP contribution in [0.5, 0.6) is 0 Å². The fourth-order valence-electron chi connectivity index (χ4n) is 6.51. The highest BCUT2D eigenvalue weighted by Crippen LogP contribution is 2.33. The summed E-state index contributed by atoms with van der Waals surface area (Å²) < 4.78 is 0. The first-order valence-electron chi connectivity index (χ1n) is 16.7. The second-order valence-corrected chi connectivity index (χ2v) is 14.5. The molecule has 2 fully saturated rings. The van der Waals surface area contributed by atoms with E-state index < -0.39 is 17.9 Å². The molecule has 1 saturated heterocycles. The third kappa shape index (κ3) is 7.96. The molecule has 244 valence electrons. The minimum absolute atomic E-state index is 0.148. The summed E-state index contributed by atoms with van der Waals surface area (Å²) in [4.78, 5) is 50.5. The second-order valence-electron chi connectivity index (χ2n) is 13.3. The van der Waals surface area contributed by atoms with Crippen molar-refractivity contribution in [3.05, 3.63) is 93.9 Å². The first-order chi connectivity index (χ1) is 22.7.